The molecule has 24 heavy (non-hydrogen) atoms. The molecule has 11 heteroatoms. The van der Waals surface area contributed by atoms with Gasteiger partial charge < -0.3 is 9.30 Å². The number of anilines is 1. The van der Waals surface area contributed by atoms with Crippen molar-refractivity contribution in [3.8, 4) is 11.8 Å². The minimum absolute atomic E-state index is 0.141. The van der Waals surface area contributed by atoms with Gasteiger partial charge in [-0.25, -0.2) is 9.78 Å². The van der Waals surface area contributed by atoms with Gasteiger partial charge in [0.15, 0.2) is 5.69 Å². The summed E-state index contributed by atoms with van der Waals surface area (Å²) >= 11 is 0. The van der Waals surface area contributed by atoms with Crippen molar-refractivity contribution in [2.24, 2.45) is 0 Å². The van der Waals surface area contributed by atoms with Gasteiger partial charge in [0.1, 0.15) is 18.1 Å². The first-order chi connectivity index (χ1) is 11.2. The number of alkyl halides is 3. The monoisotopic (exact) mass is 342 g/mol. The number of carbonyl (C=O) groups excluding carboxylic acids is 1. The summed E-state index contributed by atoms with van der Waals surface area (Å²) in [5.41, 5.74) is -3.31. The Morgan fingerprint density at radius 1 is 1.42 bits per heavy atom. The Kier molecular flexibility index (Phi) is 4.45. The summed E-state index contributed by atoms with van der Waals surface area (Å²) in [4.78, 5) is 15.3. The summed E-state index contributed by atoms with van der Waals surface area (Å²) in [7, 11) is 0.980. The molecule has 1 heterocycles. The maximum atomic E-state index is 13.3. The Bertz CT molecular complexity index is 824. The molecule has 0 aliphatic carbocycles. The molecule has 0 bridgehead atoms. The predicted molar refractivity (Wildman–Crippen MR) is 70.7 cm³/mol. The molecule has 0 fully saturated rings. The normalized spacial score (nSPS) is 11.0. The topological polar surface area (TPSA) is 112 Å². The first-order valence-electron chi connectivity index (χ1n) is 6.15. The van der Waals surface area contributed by atoms with Crippen molar-refractivity contribution >= 4 is 11.7 Å². The molecule has 126 valence electrons. The SMILES string of the molecule is COC(=O)c1cc(-n2cnc(C#N)c2)c(C(F)(F)F)cc1N(O)O. The van der Waals surface area contributed by atoms with Crippen LogP contribution in [0.15, 0.2) is 24.7 Å². The second-order valence-corrected chi connectivity index (χ2v) is 4.44. The summed E-state index contributed by atoms with van der Waals surface area (Å²) in [6.45, 7) is 0. The summed E-state index contributed by atoms with van der Waals surface area (Å²) in [6.07, 6.45) is -2.90. The number of methoxy groups -OCH3 is 1. The Labute approximate surface area is 132 Å². The molecule has 0 radical (unpaired) electrons. The molecular formula is C13H9F3N4O4. The highest BCUT2D eigenvalue weighted by Crippen LogP contribution is 2.38. The quantitative estimate of drug-likeness (QED) is 0.649. The van der Waals surface area contributed by atoms with Crippen LogP contribution in [-0.2, 0) is 10.9 Å². The second kappa shape index (κ2) is 6.19. The number of ether oxygens (including phenoxy) is 1. The zero-order chi connectivity index (χ0) is 18.1. The van der Waals surface area contributed by atoms with Crippen LogP contribution in [0.2, 0.25) is 0 Å². The molecule has 0 aliphatic rings. The number of nitriles is 1. The number of aromatic nitrogens is 2. The van der Waals surface area contributed by atoms with Gasteiger partial charge in [-0.1, -0.05) is 0 Å². The number of imidazole rings is 1. The lowest BCUT2D eigenvalue weighted by Gasteiger charge is -2.19. The fourth-order valence-electron chi connectivity index (χ4n) is 1.97. The van der Waals surface area contributed by atoms with E-state index in [1.807, 2.05) is 0 Å². The van der Waals surface area contributed by atoms with Crippen LogP contribution < -0.4 is 5.23 Å². The van der Waals surface area contributed by atoms with Crippen LogP contribution >= 0.6 is 0 Å². The third-order valence-electron chi connectivity index (χ3n) is 3.02. The molecule has 0 atom stereocenters. The van der Waals surface area contributed by atoms with Gasteiger partial charge in [-0.15, -0.1) is 5.23 Å². The van der Waals surface area contributed by atoms with Crippen molar-refractivity contribution in [2.75, 3.05) is 12.3 Å². The molecule has 1 aromatic heterocycles. The molecule has 0 saturated carbocycles. The lowest BCUT2D eigenvalue weighted by atomic mass is 10.1. The van der Waals surface area contributed by atoms with Crippen molar-refractivity contribution < 1.29 is 33.1 Å². The van der Waals surface area contributed by atoms with Crippen LogP contribution in [0.25, 0.3) is 5.69 Å². The smallest absolute Gasteiger partial charge is 0.418 e. The van der Waals surface area contributed by atoms with E-state index in [0.717, 1.165) is 30.3 Å². The van der Waals surface area contributed by atoms with Crippen LogP contribution in [0.4, 0.5) is 18.9 Å². The fraction of sp³-hybridized carbons (Fsp3) is 0.154. The summed E-state index contributed by atoms with van der Waals surface area (Å²) in [5.74, 6) is -1.09. The molecular weight excluding hydrogens is 333 g/mol. The third kappa shape index (κ3) is 3.14. The molecule has 0 amide bonds. The van der Waals surface area contributed by atoms with Crippen molar-refractivity contribution in [1.82, 2.24) is 9.55 Å². The van der Waals surface area contributed by atoms with Crippen LogP contribution in [0, 0.1) is 11.3 Å². The average molecular weight is 342 g/mol. The Morgan fingerprint density at radius 3 is 2.54 bits per heavy atom. The summed E-state index contributed by atoms with van der Waals surface area (Å²) < 4.78 is 45.2. The number of carbonyl (C=O) groups is 1. The molecule has 2 rings (SSSR count). The Balaban J connectivity index is 2.80. The van der Waals surface area contributed by atoms with E-state index in [-0.39, 0.29) is 5.69 Å². The molecule has 0 saturated heterocycles. The van der Waals surface area contributed by atoms with Gasteiger partial charge >= 0.3 is 12.1 Å². The number of hydrogen-bond donors (Lipinski definition) is 2. The highest BCUT2D eigenvalue weighted by Gasteiger charge is 2.36. The zero-order valence-electron chi connectivity index (χ0n) is 11.9. The first kappa shape index (κ1) is 17.3. The van der Waals surface area contributed by atoms with Crippen LogP contribution in [0.3, 0.4) is 0 Å². The number of esters is 1. The molecule has 2 N–H and O–H groups in total. The minimum atomic E-state index is -4.88. The van der Waals surface area contributed by atoms with Crippen molar-refractivity contribution in [2.45, 2.75) is 6.18 Å². The van der Waals surface area contributed by atoms with Gasteiger partial charge in [0.2, 0.25) is 0 Å². The lowest BCUT2D eigenvalue weighted by molar-refractivity contribution is -0.137. The van der Waals surface area contributed by atoms with E-state index in [0.29, 0.717) is 6.07 Å². The fourth-order valence-corrected chi connectivity index (χ4v) is 1.97. The Hall–Kier alpha value is -3.10. The predicted octanol–water partition coefficient (Wildman–Crippen LogP) is 2.13. The van der Waals surface area contributed by atoms with Gasteiger partial charge in [0.05, 0.1) is 23.9 Å². The second-order valence-electron chi connectivity index (χ2n) is 4.44. The Morgan fingerprint density at radius 2 is 2.08 bits per heavy atom. The van der Waals surface area contributed by atoms with Gasteiger partial charge in [-0.2, -0.15) is 18.4 Å². The van der Waals surface area contributed by atoms with Crippen LogP contribution in [0.1, 0.15) is 21.6 Å². The first-order valence-corrected chi connectivity index (χ1v) is 6.15. The maximum absolute atomic E-state index is 13.3. The third-order valence-corrected chi connectivity index (χ3v) is 3.02. The highest BCUT2D eigenvalue weighted by molar-refractivity contribution is 5.96. The highest BCUT2D eigenvalue weighted by atomic mass is 19.4. The van der Waals surface area contributed by atoms with Gasteiger partial charge in [0.25, 0.3) is 0 Å². The number of rotatable bonds is 3. The molecule has 0 aliphatic heterocycles. The van der Waals surface area contributed by atoms with E-state index in [1.165, 1.54) is 0 Å². The van der Waals surface area contributed by atoms with Gasteiger partial charge in [-0.05, 0) is 12.1 Å². The van der Waals surface area contributed by atoms with E-state index in [2.05, 4.69) is 9.72 Å². The summed E-state index contributed by atoms with van der Waals surface area (Å²) in [5, 5.41) is 26.3. The van der Waals surface area contributed by atoms with Crippen molar-refractivity contribution in [3.63, 3.8) is 0 Å². The van der Waals surface area contributed by atoms with Crippen LogP contribution in [-0.4, -0.2) is 33.0 Å². The van der Waals surface area contributed by atoms with E-state index in [9.17, 15) is 18.0 Å². The van der Waals surface area contributed by atoms with E-state index >= 15 is 0 Å². The number of hydrogen-bond acceptors (Lipinski definition) is 7. The largest absolute Gasteiger partial charge is 0.465 e. The number of halogens is 3. The lowest BCUT2D eigenvalue weighted by Crippen LogP contribution is -2.20. The van der Waals surface area contributed by atoms with Crippen molar-refractivity contribution in [3.05, 3.63) is 41.5 Å². The minimum Gasteiger partial charge on any atom is -0.465 e. The van der Waals surface area contributed by atoms with E-state index < -0.39 is 39.9 Å². The zero-order valence-corrected chi connectivity index (χ0v) is 11.9. The van der Waals surface area contributed by atoms with Crippen LogP contribution in [0.5, 0.6) is 0 Å². The standard InChI is InChI=1S/C13H9F3N4O4/c1-24-12(21)8-2-11(19-5-7(4-17)18-6-19)9(13(14,15)16)3-10(8)20(22)23/h2-3,5-6,22-23H,1H3. The molecule has 0 spiro atoms. The molecule has 0 unspecified atom stereocenters. The van der Waals surface area contributed by atoms with E-state index in [4.69, 9.17) is 15.7 Å². The average Bonchev–Trinajstić information content (AvgIpc) is 3.00. The molecule has 8 nitrogen and oxygen atoms in total. The summed E-state index contributed by atoms with van der Waals surface area (Å²) in [6, 6.07) is 2.79. The number of nitrogens with zero attached hydrogens (tertiary/aromatic N) is 4. The molecule has 2 aromatic rings. The van der Waals surface area contributed by atoms with Gasteiger partial charge in [-0.3, -0.25) is 10.4 Å². The molecule has 1 aromatic carbocycles. The van der Waals surface area contributed by atoms with Crippen molar-refractivity contribution in [1.29, 1.82) is 5.26 Å². The maximum Gasteiger partial charge on any atom is 0.418 e. The van der Waals surface area contributed by atoms with Gasteiger partial charge in [0, 0.05) is 6.20 Å². The van der Waals surface area contributed by atoms with E-state index in [1.54, 1.807) is 6.07 Å². The number of benzene rings is 1.